The minimum Gasteiger partial charge on any atom is -0.143 e. The molecule has 0 spiro atoms. The van der Waals surface area contributed by atoms with Crippen LogP contribution in [-0.4, -0.2) is 0 Å². The second-order valence-electron chi connectivity index (χ2n) is 17.9. The normalized spacial score (nSPS) is 13.1. The van der Waals surface area contributed by atoms with E-state index < -0.39 is 0 Å². The predicted octanol–water partition coefficient (Wildman–Crippen LogP) is 23.2. The zero-order valence-electron chi connectivity index (χ0n) is 40.5. The lowest BCUT2D eigenvalue weighted by Gasteiger charge is -2.18. The van der Waals surface area contributed by atoms with Gasteiger partial charge in [-0.15, -0.1) is 56.7 Å². The van der Waals surface area contributed by atoms with Crippen molar-refractivity contribution in [3.8, 4) is 10.4 Å². The SMILES string of the molecule is C=C1C=CSc2cc3c(cc2C1=C(Sc1ccc(CCCCCC)s1)Sc1ccc(CCCCCC)s1)-c1sccc1C3=C(Sc1ccc(CCCCCC)s1)Sc1ccc(CCCCCC)s1. The van der Waals surface area contributed by atoms with Gasteiger partial charge in [0.1, 0.15) is 0 Å². The molecule has 2 aliphatic rings. The highest BCUT2D eigenvalue weighted by Gasteiger charge is 2.32. The molecule has 0 unspecified atom stereocenters. The minimum atomic E-state index is 1.09. The third-order valence-corrected chi connectivity index (χ3v) is 23.9. The number of unbranched alkanes of at least 4 members (excludes halogenated alkanes) is 12. The molecule has 10 heteroatoms. The van der Waals surface area contributed by atoms with Crippen LogP contribution in [0.4, 0.5) is 0 Å². The van der Waals surface area contributed by atoms with Crippen LogP contribution in [0.15, 0.2) is 126 Å². The summed E-state index contributed by atoms with van der Waals surface area (Å²) in [7, 11) is 0. The number of thiophene rings is 5. The molecule has 0 bridgehead atoms. The number of allylic oxidation sites excluding steroid dienone is 3. The molecule has 0 saturated heterocycles. The van der Waals surface area contributed by atoms with Crippen LogP contribution in [-0.2, 0) is 25.7 Å². The number of thioether (sulfide) groups is 5. The molecule has 360 valence electrons. The topological polar surface area (TPSA) is 0 Å². The monoisotopic (exact) mass is 1080 g/mol. The summed E-state index contributed by atoms with van der Waals surface area (Å²) < 4.78 is 8.27. The maximum absolute atomic E-state index is 4.82. The van der Waals surface area contributed by atoms with Crippen LogP contribution < -0.4 is 0 Å². The van der Waals surface area contributed by atoms with Gasteiger partial charge in [0.2, 0.25) is 0 Å². The van der Waals surface area contributed by atoms with Gasteiger partial charge in [-0.1, -0.05) is 170 Å². The van der Waals surface area contributed by atoms with Crippen molar-refractivity contribution in [2.75, 3.05) is 0 Å². The quantitative estimate of drug-likeness (QED) is 0.0353. The van der Waals surface area contributed by atoms with Crippen LogP contribution in [0, 0.1) is 0 Å². The number of rotatable bonds is 28. The highest BCUT2D eigenvalue weighted by Crippen LogP contribution is 2.59. The Hall–Kier alpha value is -1.57. The maximum Gasteiger partial charge on any atom is 0.0654 e. The van der Waals surface area contributed by atoms with Crippen LogP contribution >= 0.6 is 115 Å². The molecule has 1 aromatic carbocycles. The summed E-state index contributed by atoms with van der Waals surface area (Å²) in [4.78, 5) is 8.75. The molecule has 68 heavy (non-hydrogen) atoms. The zero-order chi connectivity index (χ0) is 47.1. The molecule has 0 nitrogen and oxygen atoms in total. The fourth-order valence-corrected chi connectivity index (χ4v) is 21.2. The molecule has 5 aromatic heterocycles. The molecule has 0 N–H and O–H groups in total. The molecular weight excluding hydrogens is 1020 g/mol. The van der Waals surface area contributed by atoms with Crippen LogP contribution in [0.3, 0.4) is 0 Å². The number of fused-ring (bicyclic) bond motifs is 4. The van der Waals surface area contributed by atoms with E-state index in [1.807, 2.05) is 115 Å². The van der Waals surface area contributed by atoms with Crippen molar-refractivity contribution in [1.82, 2.24) is 0 Å². The van der Waals surface area contributed by atoms with Crippen molar-refractivity contribution in [2.45, 2.75) is 178 Å². The second kappa shape index (κ2) is 27.5. The first kappa shape index (κ1) is 52.7. The smallest absolute Gasteiger partial charge is 0.0654 e. The van der Waals surface area contributed by atoms with Crippen molar-refractivity contribution in [2.24, 2.45) is 0 Å². The summed E-state index contributed by atoms with van der Waals surface area (Å²) in [5.41, 5.74) is 9.22. The third kappa shape index (κ3) is 14.3. The molecule has 1 aliphatic carbocycles. The molecule has 0 radical (unpaired) electrons. The van der Waals surface area contributed by atoms with E-state index >= 15 is 0 Å². The molecule has 0 saturated carbocycles. The summed E-state index contributed by atoms with van der Waals surface area (Å²) in [6, 6.07) is 26.6. The van der Waals surface area contributed by atoms with Crippen molar-refractivity contribution >= 4 is 127 Å². The van der Waals surface area contributed by atoms with E-state index in [9.17, 15) is 0 Å². The molecule has 0 fully saturated rings. The summed E-state index contributed by atoms with van der Waals surface area (Å²) in [5.74, 6) is 0. The van der Waals surface area contributed by atoms with E-state index in [-0.39, 0.29) is 0 Å². The van der Waals surface area contributed by atoms with E-state index in [0.717, 1.165) is 5.57 Å². The Balaban J connectivity index is 1.19. The molecule has 1 aliphatic heterocycles. The first-order valence-corrected chi connectivity index (χ1v) is 33.6. The van der Waals surface area contributed by atoms with Crippen molar-refractivity contribution < 1.29 is 0 Å². The van der Waals surface area contributed by atoms with Gasteiger partial charge >= 0.3 is 0 Å². The Morgan fingerprint density at radius 2 is 0.868 bits per heavy atom. The average molecular weight is 1090 g/mol. The summed E-state index contributed by atoms with van der Waals surface area (Å²) in [5, 5.41) is 4.61. The number of hydrogen-bond acceptors (Lipinski definition) is 10. The third-order valence-electron chi connectivity index (χ3n) is 12.5. The van der Waals surface area contributed by atoms with Gasteiger partial charge in [0.25, 0.3) is 0 Å². The lowest BCUT2D eigenvalue weighted by molar-refractivity contribution is 0.670. The van der Waals surface area contributed by atoms with Crippen molar-refractivity contribution in [3.63, 3.8) is 0 Å². The fraction of sp³-hybridized carbons (Fsp3) is 0.414. The van der Waals surface area contributed by atoms with Crippen LogP contribution in [0.1, 0.15) is 167 Å². The Kier molecular flexibility index (Phi) is 21.3. The van der Waals surface area contributed by atoms with Gasteiger partial charge in [-0.05, 0) is 152 Å². The summed E-state index contributed by atoms with van der Waals surface area (Å²) >= 11 is 19.7. The predicted molar refractivity (Wildman–Crippen MR) is 319 cm³/mol. The number of benzene rings is 1. The molecule has 6 heterocycles. The molecule has 0 amide bonds. The van der Waals surface area contributed by atoms with Crippen LogP contribution in [0.25, 0.3) is 21.6 Å². The highest BCUT2D eigenvalue weighted by molar-refractivity contribution is 8.24. The Morgan fingerprint density at radius 1 is 0.441 bits per heavy atom. The van der Waals surface area contributed by atoms with E-state index in [1.165, 1.54) is 216 Å². The van der Waals surface area contributed by atoms with E-state index in [4.69, 9.17) is 6.58 Å². The zero-order valence-corrected chi connectivity index (χ0v) is 48.7. The summed E-state index contributed by atoms with van der Waals surface area (Å²) in [6.45, 7) is 14.0. The summed E-state index contributed by atoms with van der Waals surface area (Å²) in [6.07, 6.45) is 27.8. The van der Waals surface area contributed by atoms with Gasteiger partial charge < -0.3 is 0 Å². The largest absolute Gasteiger partial charge is 0.143 e. The van der Waals surface area contributed by atoms with Gasteiger partial charge in [0.15, 0.2) is 0 Å². The van der Waals surface area contributed by atoms with Crippen molar-refractivity contribution in [1.29, 1.82) is 0 Å². The fourth-order valence-electron chi connectivity index (χ4n) is 8.74. The number of aryl methyl sites for hydroxylation is 4. The molecular formula is C58H68S10. The Morgan fingerprint density at radius 3 is 1.29 bits per heavy atom. The highest BCUT2D eigenvalue weighted by atomic mass is 32.2. The van der Waals surface area contributed by atoms with E-state index in [1.54, 1.807) is 0 Å². The lowest BCUT2D eigenvalue weighted by Crippen LogP contribution is -1.94. The Labute approximate surface area is 450 Å². The maximum atomic E-state index is 4.82. The number of hydrogen-bond donors (Lipinski definition) is 0. The van der Waals surface area contributed by atoms with Crippen LogP contribution in [0.5, 0.6) is 0 Å². The second-order valence-corrected chi connectivity index (χ2v) is 30.2. The van der Waals surface area contributed by atoms with Crippen LogP contribution in [0.2, 0.25) is 0 Å². The van der Waals surface area contributed by atoms with E-state index in [0.29, 0.717) is 0 Å². The first-order valence-electron chi connectivity index (χ1n) is 25.3. The molecule has 8 rings (SSSR count). The van der Waals surface area contributed by atoms with Crippen molar-refractivity contribution in [3.05, 3.63) is 140 Å². The minimum absolute atomic E-state index is 1.09. The van der Waals surface area contributed by atoms with E-state index in [2.05, 4.69) is 111 Å². The van der Waals surface area contributed by atoms with Gasteiger partial charge in [-0.2, -0.15) is 0 Å². The van der Waals surface area contributed by atoms with Gasteiger partial charge in [-0.25, -0.2) is 0 Å². The first-order chi connectivity index (χ1) is 33.4. The Bertz CT molecular complexity index is 2540. The molecule has 0 atom stereocenters. The van der Waals surface area contributed by atoms with Gasteiger partial charge in [-0.3, -0.25) is 0 Å². The van der Waals surface area contributed by atoms with Gasteiger partial charge in [0, 0.05) is 51.6 Å². The molecule has 6 aromatic rings. The lowest BCUT2D eigenvalue weighted by atomic mass is 9.96. The standard InChI is InChI=1S/C58H68S10/c1-6-10-14-18-22-41-26-30-50(61-41)65-57(66-51-31-27-42(62-51)23-19-15-11-7-2)54-40(5)34-36-59-49-39-46-47(38-48(49)54)56-45(35-37-60-56)55(46)58(67-52-32-28-43(63-52)24-20-16-12-8-3)68-53-33-29-44(64-53)25-21-17-13-9-4/h26-39H,5-25H2,1-4H3. The van der Waals surface area contributed by atoms with Gasteiger partial charge in [0.05, 0.1) is 25.3 Å². The average Bonchev–Trinajstić information content (AvgIpc) is 4.21.